The van der Waals surface area contributed by atoms with E-state index < -0.39 is 11.7 Å². The molecular weight excluding hydrogens is 307 g/mol. The Labute approximate surface area is 139 Å². The summed E-state index contributed by atoms with van der Waals surface area (Å²) in [5.41, 5.74) is 6.42. The van der Waals surface area contributed by atoms with Crippen molar-refractivity contribution < 1.29 is 14.0 Å². The first-order valence-electron chi connectivity index (χ1n) is 7.98. The fourth-order valence-electron chi connectivity index (χ4n) is 2.87. The van der Waals surface area contributed by atoms with E-state index in [0.29, 0.717) is 18.0 Å². The number of nitrogens with one attached hydrogen (secondary N) is 1. The Balaban J connectivity index is 1.74. The maximum Gasteiger partial charge on any atom is 0.251 e. The van der Waals surface area contributed by atoms with Crippen LogP contribution in [0.4, 0.5) is 10.1 Å². The number of halogens is 1. The van der Waals surface area contributed by atoms with Gasteiger partial charge in [-0.25, -0.2) is 4.39 Å². The van der Waals surface area contributed by atoms with Crippen LogP contribution < -0.4 is 11.1 Å². The molecule has 2 aromatic carbocycles. The van der Waals surface area contributed by atoms with Gasteiger partial charge in [0.2, 0.25) is 5.91 Å². The molecule has 24 heavy (non-hydrogen) atoms. The summed E-state index contributed by atoms with van der Waals surface area (Å²) in [6.07, 6.45) is 2.75. The summed E-state index contributed by atoms with van der Waals surface area (Å²) in [5, 5.41) is 2.79. The smallest absolute Gasteiger partial charge is 0.251 e. The molecule has 0 spiro atoms. The van der Waals surface area contributed by atoms with Gasteiger partial charge in [-0.15, -0.1) is 0 Å². The van der Waals surface area contributed by atoms with Crippen molar-refractivity contribution in [1.82, 2.24) is 0 Å². The van der Waals surface area contributed by atoms with Gasteiger partial charge in [0, 0.05) is 11.6 Å². The predicted octanol–water partition coefficient (Wildman–Crippen LogP) is 3.13. The number of amides is 2. The van der Waals surface area contributed by atoms with Crippen LogP contribution in [0.3, 0.4) is 0 Å². The highest BCUT2D eigenvalue weighted by atomic mass is 19.1. The Morgan fingerprint density at radius 3 is 2.50 bits per heavy atom. The van der Waals surface area contributed by atoms with Gasteiger partial charge < -0.3 is 11.1 Å². The molecule has 0 bridgehead atoms. The van der Waals surface area contributed by atoms with Gasteiger partial charge in [-0.1, -0.05) is 30.3 Å². The zero-order valence-electron chi connectivity index (χ0n) is 13.2. The molecule has 1 aliphatic rings. The molecule has 2 aromatic rings. The van der Waals surface area contributed by atoms with E-state index in [9.17, 15) is 14.0 Å². The van der Waals surface area contributed by atoms with Crippen molar-refractivity contribution in [1.29, 1.82) is 0 Å². The van der Waals surface area contributed by atoms with Gasteiger partial charge in [-0.05, 0) is 48.9 Å². The maximum atomic E-state index is 13.5. The average Bonchev–Trinajstić information content (AvgIpc) is 3.40. The first-order chi connectivity index (χ1) is 11.5. The molecule has 4 nitrogen and oxygen atoms in total. The normalized spacial score (nSPS) is 14.9. The first kappa shape index (κ1) is 16.2. The molecule has 1 aliphatic carbocycles. The molecule has 0 aliphatic heterocycles. The molecule has 1 atom stereocenters. The van der Waals surface area contributed by atoms with Gasteiger partial charge in [0.25, 0.3) is 5.91 Å². The summed E-state index contributed by atoms with van der Waals surface area (Å²) >= 11 is 0. The van der Waals surface area contributed by atoms with Crippen LogP contribution >= 0.6 is 0 Å². The van der Waals surface area contributed by atoms with E-state index in [1.165, 1.54) is 12.1 Å². The monoisotopic (exact) mass is 326 g/mol. The molecule has 3 N–H and O–H groups in total. The van der Waals surface area contributed by atoms with Gasteiger partial charge in [-0.3, -0.25) is 9.59 Å². The van der Waals surface area contributed by atoms with Crippen LogP contribution in [0.5, 0.6) is 0 Å². The second-order valence-corrected chi connectivity index (χ2v) is 6.18. The molecule has 3 rings (SSSR count). The first-order valence-corrected chi connectivity index (χ1v) is 7.98. The quantitative estimate of drug-likeness (QED) is 0.856. The SMILES string of the molecule is NC(=O)c1cc(NC(=O)C(Cc2ccccc2)C2CC2)ccc1F. The van der Waals surface area contributed by atoms with Crippen molar-refractivity contribution in [3.05, 3.63) is 65.5 Å². The van der Waals surface area contributed by atoms with Crippen LogP contribution in [-0.2, 0) is 11.2 Å². The van der Waals surface area contributed by atoms with Gasteiger partial charge in [0.15, 0.2) is 0 Å². The third kappa shape index (κ3) is 3.79. The number of primary amides is 1. The minimum Gasteiger partial charge on any atom is -0.366 e. The molecule has 124 valence electrons. The highest BCUT2D eigenvalue weighted by Crippen LogP contribution is 2.39. The number of hydrogen-bond donors (Lipinski definition) is 2. The number of carbonyl (C=O) groups is 2. The Bertz CT molecular complexity index is 757. The van der Waals surface area contributed by atoms with Crippen LogP contribution in [-0.4, -0.2) is 11.8 Å². The lowest BCUT2D eigenvalue weighted by Gasteiger charge is -2.17. The van der Waals surface area contributed by atoms with Crippen molar-refractivity contribution in [2.24, 2.45) is 17.6 Å². The predicted molar refractivity (Wildman–Crippen MR) is 89.9 cm³/mol. The van der Waals surface area contributed by atoms with Crippen LogP contribution in [0.1, 0.15) is 28.8 Å². The van der Waals surface area contributed by atoms with Crippen LogP contribution in [0, 0.1) is 17.7 Å². The van der Waals surface area contributed by atoms with E-state index in [-0.39, 0.29) is 17.4 Å². The Hall–Kier alpha value is -2.69. The van der Waals surface area contributed by atoms with Crippen LogP contribution in [0.15, 0.2) is 48.5 Å². The lowest BCUT2D eigenvalue weighted by molar-refractivity contribution is -0.120. The average molecular weight is 326 g/mol. The van der Waals surface area contributed by atoms with Gasteiger partial charge in [0.05, 0.1) is 5.56 Å². The number of rotatable bonds is 6. The van der Waals surface area contributed by atoms with E-state index in [4.69, 9.17) is 5.73 Å². The van der Waals surface area contributed by atoms with E-state index in [1.54, 1.807) is 0 Å². The summed E-state index contributed by atoms with van der Waals surface area (Å²) in [6, 6.07) is 13.7. The summed E-state index contributed by atoms with van der Waals surface area (Å²) in [7, 11) is 0. The molecule has 0 aromatic heterocycles. The second kappa shape index (κ2) is 6.83. The maximum absolute atomic E-state index is 13.5. The third-order valence-corrected chi connectivity index (χ3v) is 4.33. The van der Waals surface area contributed by atoms with E-state index in [0.717, 1.165) is 24.5 Å². The fourth-order valence-corrected chi connectivity index (χ4v) is 2.87. The summed E-state index contributed by atoms with van der Waals surface area (Å²) < 4.78 is 13.5. The molecule has 0 heterocycles. The standard InChI is InChI=1S/C19H19FN2O2/c20-17-9-8-14(11-16(17)18(21)23)22-19(24)15(13-6-7-13)10-12-4-2-1-3-5-12/h1-5,8-9,11,13,15H,6-7,10H2,(H2,21,23)(H,22,24). The third-order valence-electron chi connectivity index (χ3n) is 4.33. The zero-order chi connectivity index (χ0) is 17.1. The minimum atomic E-state index is -0.855. The molecular formula is C19H19FN2O2. The van der Waals surface area contributed by atoms with E-state index >= 15 is 0 Å². The van der Waals surface area contributed by atoms with E-state index in [2.05, 4.69) is 5.32 Å². The molecule has 1 fully saturated rings. The van der Waals surface area contributed by atoms with Crippen molar-refractivity contribution in [2.45, 2.75) is 19.3 Å². The van der Waals surface area contributed by atoms with Crippen LogP contribution in [0.2, 0.25) is 0 Å². The van der Waals surface area contributed by atoms with Crippen molar-refractivity contribution in [3.63, 3.8) is 0 Å². The highest BCUT2D eigenvalue weighted by molar-refractivity contribution is 5.97. The number of hydrogen-bond acceptors (Lipinski definition) is 2. The fraction of sp³-hybridized carbons (Fsp3) is 0.263. The number of nitrogens with two attached hydrogens (primary N) is 1. The summed E-state index contributed by atoms with van der Waals surface area (Å²) in [4.78, 5) is 23.9. The molecule has 0 radical (unpaired) electrons. The number of benzene rings is 2. The number of anilines is 1. The van der Waals surface area contributed by atoms with E-state index in [1.807, 2.05) is 30.3 Å². The van der Waals surface area contributed by atoms with Gasteiger partial charge in [-0.2, -0.15) is 0 Å². The largest absolute Gasteiger partial charge is 0.366 e. The highest BCUT2D eigenvalue weighted by Gasteiger charge is 2.36. The van der Waals surface area contributed by atoms with Gasteiger partial charge >= 0.3 is 0 Å². The van der Waals surface area contributed by atoms with Gasteiger partial charge in [0.1, 0.15) is 5.82 Å². The second-order valence-electron chi connectivity index (χ2n) is 6.18. The van der Waals surface area contributed by atoms with Crippen molar-refractivity contribution >= 4 is 17.5 Å². The molecule has 1 saturated carbocycles. The van der Waals surface area contributed by atoms with Crippen molar-refractivity contribution in [3.8, 4) is 0 Å². The lowest BCUT2D eigenvalue weighted by Crippen LogP contribution is -2.26. The summed E-state index contributed by atoms with van der Waals surface area (Å²) in [6.45, 7) is 0. The Morgan fingerprint density at radius 2 is 1.88 bits per heavy atom. The van der Waals surface area contributed by atoms with Crippen molar-refractivity contribution in [2.75, 3.05) is 5.32 Å². The zero-order valence-corrected chi connectivity index (χ0v) is 13.2. The lowest BCUT2D eigenvalue weighted by atomic mass is 9.93. The van der Waals surface area contributed by atoms with Crippen LogP contribution in [0.25, 0.3) is 0 Å². The minimum absolute atomic E-state index is 0.108. The summed E-state index contributed by atoms with van der Waals surface area (Å²) in [5.74, 6) is -1.41. The Kier molecular flexibility index (Phi) is 4.60. The number of carbonyl (C=O) groups excluding carboxylic acids is 2. The molecule has 2 amide bonds. The molecule has 1 unspecified atom stereocenters. The molecule has 5 heteroatoms. The Morgan fingerprint density at radius 1 is 1.17 bits per heavy atom. The molecule has 0 saturated heterocycles. The topological polar surface area (TPSA) is 72.2 Å².